The molecule has 1 unspecified atom stereocenters. The van der Waals surface area contributed by atoms with Crippen LogP contribution >= 0.6 is 0 Å². The van der Waals surface area contributed by atoms with Crippen molar-refractivity contribution in [3.05, 3.63) is 29.3 Å². The Hall–Kier alpha value is -1.16. The Labute approximate surface area is 86.9 Å². The second kappa shape index (κ2) is 4.14. The molecular formula is C11H13F2NO. The Morgan fingerprint density at radius 1 is 1.27 bits per heavy atom. The molecule has 1 aromatic carbocycles. The third kappa shape index (κ3) is 1.95. The predicted molar refractivity (Wildman–Crippen MR) is 52.6 cm³/mol. The smallest absolute Gasteiger partial charge is 0.200 e. The van der Waals surface area contributed by atoms with Crippen LogP contribution in [0.2, 0.25) is 0 Å². The van der Waals surface area contributed by atoms with Crippen molar-refractivity contribution >= 4 is 0 Å². The standard InChI is InChI=1S/C11H13F2NO/c12-8-5-4-7(11(15)10(8)13)9-3-1-2-6-14-9/h4-5,9,14-15H,1-3,6H2. The first kappa shape index (κ1) is 10.4. The molecule has 1 heterocycles. The molecule has 1 saturated heterocycles. The van der Waals surface area contributed by atoms with Gasteiger partial charge in [0, 0.05) is 11.6 Å². The molecule has 0 radical (unpaired) electrons. The summed E-state index contributed by atoms with van der Waals surface area (Å²) in [6, 6.07) is 2.44. The molecule has 1 atom stereocenters. The lowest BCUT2D eigenvalue weighted by Crippen LogP contribution is -2.27. The van der Waals surface area contributed by atoms with E-state index in [-0.39, 0.29) is 6.04 Å². The van der Waals surface area contributed by atoms with Gasteiger partial charge in [-0.2, -0.15) is 4.39 Å². The number of hydrogen-bond acceptors (Lipinski definition) is 2. The van der Waals surface area contributed by atoms with Crippen LogP contribution in [0.25, 0.3) is 0 Å². The summed E-state index contributed by atoms with van der Waals surface area (Å²) in [7, 11) is 0. The van der Waals surface area contributed by atoms with Gasteiger partial charge < -0.3 is 10.4 Å². The molecule has 0 bridgehead atoms. The van der Waals surface area contributed by atoms with Gasteiger partial charge in [-0.05, 0) is 25.5 Å². The lowest BCUT2D eigenvalue weighted by atomic mass is 9.96. The maximum absolute atomic E-state index is 13.1. The molecule has 0 amide bonds. The molecule has 1 aromatic rings. The van der Waals surface area contributed by atoms with Crippen LogP contribution in [0.5, 0.6) is 5.75 Å². The average molecular weight is 213 g/mol. The van der Waals surface area contributed by atoms with Crippen molar-refractivity contribution in [3.63, 3.8) is 0 Å². The monoisotopic (exact) mass is 213 g/mol. The zero-order valence-corrected chi connectivity index (χ0v) is 8.26. The molecule has 82 valence electrons. The van der Waals surface area contributed by atoms with E-state index in [0.29, 0.717) is 5.56 Å². The molecule has 1 aliphatic heterocycles. The van der Waals surface area contributed by atoms with Gasteiger partial charge in [0.25, 0.3) is 0 Å². The van der Waals surface area contributed by atoms with Crippen LogP contribution in [0.3, 0.4) is 0 Å². The summed E-state index contributed by atoms with van der Waals surface area (Å²) >= 11 is 0. The molecule has 15 heavy (non-hydrogen) atoms. The van der Waals surface area contributed by atoms with E-state index in [4.69, 9.17) is 0 Å². The summed E-state index contributed by atoms with van der Waals surface area (Å²) in [4.78, 5) is 0. The summed E-state index contributed by atoms with van der Waals surface area (Å²) in [5.74, 6) is -2.72. The van der Waals surface area contributed by atoms with E-state index in [2.05, 4.69) is 5.32 Å². The van der Waals surface area contributed by atoms with E-state index in [1.807, 2.05) is 0 Å². The number of phenolic OH excluding ortho intramolecular Hbond substituents is 1. The Bertz CT molecular complexity index is 362. The van der Waals surface area contributed by atoms with Crippen LogP contribution in [-0.4, -0.2) is 11.7 Å². The predicted octanol–water partition coefficient (Wildman–Crippen LogP) is 2.49. The van der Waals surface area contributed by atoms with E-state index in [1.165, 1.54) is 6.07 Å². The Morgan fingerprint density at radius 3 is 2.73 bits per heavy atom. The van der Waals surface area contributed by atoms with Gasteiger partial charge in [0.1, 0.15) is 0 Å². The van der Waals surface area contributed by atoms with Crippen molar-refractivity contribution in [3.8, 4) is 5.75 Å². The zero-order chi connectivity index (χ0) is 10.8. The van der Waals surface area contributed by atoms with Crippen molar-refractivity contribution in [2.24, 2.45) is 0 Å². The number of aromatic hydroxyl groups is 1. The van der Waals surface area contributed by atoms with Gasteiger partial charge in [-0.1, -0.05) is 12.5 Å². The summed E-state index contributed by atoms with van der Waals surface area (Å²) in [6.45, 7) is 0.850. The third-order valence-electron chi connectivity index (χ3n) is 2.79. The number of piperidine rings is 1. The van der Waals surface area contributed by atoms with Crippen LogP contribution in [0.4, 0.5) is 8.78 Å². The fourth-order valence-electron chi connectivity index (χ4n) is 1.95. The first-order valence-corrected chi connectivity index (χ1v) is 5.10. The number of hydrogen-bond donors (Lipinski definition) is 2. The number of nitrogens with one attached hydrogen (secondary N) is 1. The van der Waals surface area contributed by atoms with E-state index in [1.54, 1.807) is 0 Å². The Balaban J connectivity index is 2.31. The van der Waals surface area contributed by atoms with Gasteiger partial charge in [-0.3, -0.25) is 0 Å². The van der Waals surface area contributed by atoms with Crippen molar-refractivity contribution in [2.45, 2.75) is 25.3 Å². The lowest BCUT2D eigenvalue weighted by molar-refractivity contribution is 0.367. The molecule has 2 rings (SSSR count). The van der Waals surface area contributed by atoms with Crippen LogP contribution in [0.1, 0.15) is 30.9 Å². The fraction of sp³-hybridized carbons (Fsp3) is 0.455. The second-order valence-electron chi connectivity index (χ2n) is 3.80. The number of rotatable bonds is 1. The largest absolute Gasteiger partial charge is 0.505 e. The van der Waals surface area contributed by atoms with E-state index in [9.17, 15) is 13.9 Å². The van der Waals surface area contributed by atoms with Crippen molar-refractivity contribution in [1.82, 2.24) is 5.32 Å². The molecule has 2 nitrogen and oxygen atoms in total. The highest BCUT2D eigenvalue weighted by atomic mass is 19.2. The van der Waals surface area contributed by atoms with Crippen LogP contribution in [0, 0.1) is 11.6 Å². The molecule has 2 N–H and O–H groups in total. The van der Waals surface area contributed by atoms with Gasteiger partial charge in [-0.25, -0.2) is 4.39 Å². The molecular weight excluding hydrogens is 200 g/mol. The van der Waals surface area contributed by atoms with Gasteiger partial charge in [0.05, 0.1) is 0 Å². The topological polar surface area (TPSA) is 32.3 Å². The highest BCUT2D eigenvalue weighted by Crippen LogP contribution is 2.32. The van der Waals surface area contributed by atoms with Crippen LogP contribution in [-0.2, 0) is 0 Å². The lowest BCUT2D eigenvalue weighted by Gasteiger charge is -2.24. The van der Waals surface area contributed by atoms with Crippen molar-refractivity contribution in [2.75, 3.05) is 6.54 Å². The van der Waals surface area contributed by atoms with Gasteiger partial charge in [0.2, 0.25) is 5.82 Å². The van der Waals surface area contributed by atoms with Crippen LogP contribution in [0.15, 0.2) is 12.1 Å². The normalized spacial score (nSPS) is 21.6. The number of halogens is 2. The fourth-order valence-corrected chi connectivity index (χ4v) is 1.95. The van der Waals surface area contributed by atoms with Gasteiger partial charge in [0.15, 0.2) is 11.6 Å². The van der Waals surface area contributed by atoms with Gasteiger partial charge in [-0.15, -0.1) is 0 Å². The maximum Gasteiger partial charge on any atom is 0.200 e. The number of phenols is 1. The van der Waals surface area contributed by atoms with Crippen molar-refractivity contribution in [1.29, 1.82) is 0 Å². The Morgan fingerprint density at radius 2 is 2.07 bits per heavy atom. The first-order chi connectivity index (χ1) is 7.20. The third-order valence-corrected chi connectivity index (χ3v) is 2.79. The molecule has 0 aliphatic carbocycles. The number of benzene rings is 1. The average Bonchev–Trinajstić information content (AvgIpc) is 2.27. The molecule has 0 saturated carbocycles. The highest BCUT2D eigenvalue weighted by Gasteiger charge is 2.21. The molecule has 4 heteroatoms. The quantitative estimate of drug-likeness (QED) is 0.751. The van der Waals surface area contributed by atoms with Crippen LogP contribution < -0.4 is 5.32 Å². The minimum absolute atomic E-state index is 0.0613. The van der Waals surface area contributed by atoms with E-state index >= 15 is 0 Å². The summed E-state index contributed by atoms with van der Waals surface area (Å²) in [6.07, 6.45) is 2.97. The maximum atomic E-state index is 13.1. The minimum atomic E-state index is -1.15. The van der Waals surface area contributed by atoms with Crippen molar-refractivity contribution < 1.29 is 13.9 Å². The SMILES string of the molecule is Oc1c(C2CCCCN2)ccc(F)c1F. The molecule has 1 aliphatic rings. The summed E-state index contributed by atoms with van der Waals surface area (Å²) in [5, 5.41) is 12.6. The van der Waals surface area contributed by atoms with Gasteiger partial charge >= 0.3 is 0 Å². The molecule has 1 fully saturated rings. The summed E-state index contributed by atoms with van der Waals surface area (Å²) < 4.78 is 25.9. The molecule has 0 aromatic heterocycles. The molecule has 0 spiro atoms. The van der Waals surface area contributed by atoms with E-state index < -0.39 is 17.4 Å². The zero-order valence-electron chi connectivity index (χ0n) is 8.26. The second-order valence-corrected chi connectivity index (χ2v) is 3.80. The first-order valence-electron chi connectivity index (χ1n) is 5.10. The van der Waals surface area contributed by atoms with E-state index in [0.717, 1.165) is 31.9 Å². The minimum Gasteiger partial charge on any atom is -0.505 e. The summed E-state index contributed by atoms with van der Waals surface area (Å²) in [5.41, 5.74) is 0.452. The Kier molecular flexibility index (Phi) is 2.86. The highest BCUT2D eigenvalue weighted by molar-refractivity contribution is 5.37.